The van der Waals surface area contributed by atoms with Crippen LogP contribution in [0.2, 0.25) is 5.02 Å². The average Bonchev–Trinajstić information content (AvgIpc) is 3.01. The molecule has 0 spiro atoms. The highest BCUT2D eigenvalue weighted by Gasteiger charge is 2.34. The second-order valence-electron chi connectivity index (χ2n) is 9.42. The summed E-state index contributed by atoms with van der Waals surface area (Å²) < 4.78 is 59.9. The van der Waals surface area contributed by atoms with E-state index in [-0.39, 0.29) is 39.2 Å². The number of ether oxygens (including phenoxy) is 3. The first-order valence-corrected chi connectivity index (χ1v) is 15.2. The Bertz CT molecular complexity index is 1550. The Kier molecular flexibility index (Phi) is 11.6. The first kappa shape index (κ1) is 33.5. The molecule has 2 amide bonds. The predicted octanol–water partition coefficient (Wildman–Crippen LogP) is 4.64. The number of amides is 2. The van der Waals surface area contributed by atoms with Crippen molar-refractivity contribution in [1.29, 1.82) is 0 Å². The summed E-state index contributed by atoms with van der Waals surface area (Å²) in [5, 5.41) is 2.92. The highest BCUT2D eigenvalue weighted by Crippen LogP contribution is 2.37. The summed E-state index contributed by atoms with van der Waals surface area (Å²) in [6.45, 7) is 2.68. The van der Waals surface area contributed by atoms with Gasteiger partial charge in [0.05, 0.1) is 31.9 Å². The van der Waals surface area contributed by atoms with Crippen molar-refractivity contribution in [1.82, 2.24) is 10.2 Å². The van der Waals surface area contributed by atoms with Gasteiger partial charge < -0.3 is 24.4 Å². The van der Waals surface area contributed by atoms with E-state index < -0.39 is 40.2 Å². The number of sulfonamides is 1. The van der Waals surface area contributed by atoms with Crippen molar-refractivity contribution in [2.24, 2.45) is 0 Å². The van der Waals surface area contributed by atoms with Crippen LogP contribution in [0.25, 0.3) is 0 Å². The van der Waals surface area contributed by atoms with Crippen LogP contribution < -0.4 is 23.8 Å². The molecule has 1 atom stereocenters. The lowest BCUT2D eigenvalue weighted by atomic mass is 10.1. The lowest BCUT2D eigenvalue weighted by Gasteiger charge is -2.32. The summed E-state index contributed by atoms with van der Waals surface area (Å²) in [6, 6.07) is 13.1. The van der Waals surface area contributed by atoms with E-state index in [1.54, 1.807) is 6.07 Å². The Labute approximate surface area is 256 Å². The third kappa shape index (κ3) is 7.88. The standard InChI is InChI=1S/C30H35ClFN3O7S/c1-6-15-33-30(37)20(2)34(18-21-9-7-8-10-24(21)32)29(36)19-35(25-16-22(31)11-13-26(25)40-3)43(38,39)23-12-14-27(41-4)28(17-23)42-5/h7-14,16-17,20H,6,15,18-19H2,1-5H3,(H,33,37)/t20-/m1/s1. The van der Waals surface area contributed by atoms with Crippen molar-refractivity contribution in [3.63, 3.8) is 0 Å². The minimum atomic E-state index is -4.49. The zero-order valence-electron chi connectivity index (χ0n) is 24.6. The number of hydrogen-bond acceptors (Lipinski definition) is 7. The van der Waals surface area contributed by atoms with Crippen LogP contribution in [0.4, 0.5) is 10.1 Å². The zero-order valence-corrected chi connectivity index (χ0v) is 26.2. The third-order valence-corrected chi connectivity index (χ3v) is 8.64. The van der Waals surface area contributed by atoms with Crippen LogP contribution in [0.3, 0.4) is 0 Å². The summed E-state index contributed by atoms with van der Waals surface area (Å²) in [4.78, 5) is 27.9. The van der Waals surface area contributed by atoms with E-state index in [1.807, 2.05) is 6.92 Å². The van der Waals surface area contributed by atoms with Crippen LogP contribution in [0.1, 0.15) is 25.8 Å². The molecule has 0 aliphatic heterocycles. The maximum Gasteiger partial charge on any atom is 0.265 e. The van der Waals surface area contributed by atoms with Crippen LogP contribution in [0.5, 0.6) is 17.2 Å². The van der Waals surface area contributed by atoms with Gasteiger partial charge in [-0.1, -0.05) is 36.7 Å². The van der Waals surface area contributed by atoms with E-state index in [4.69, 9.17) is 25.8 Å². The molecule has 0 aromatic heterocycles. The summed E-state index contributed by atoms with van der Waals surface area (Å²) >= 11 is 6.26. The minimum Gasteiger partial charge on any atom is -0.495 e. The quantitative estimate of drug-likeness (QED) is 0.274. The smallest absolute Gasteiger partial charge is 0.265 e. The summed E-state index contributed by atoms with van der Waals surface area (Å²) in [5.41, 5.74) is 0.132. The molecule has 43 heavy (non-hydrogen) atoms. The number of halogens is 2. The molecule has 0 heterocycles. The van der Waals surface area contributed by atoms with Gasteiger partial charge in [0.1, 0.15) is 24.2 Å². The molecular formula is C30H35ClFN3O7S. The van der Waals surface area contributed by atoms with E-state index in [1.165, 1.54) is 82.9 Å². The molecule has 1 N–H and O–H groups in total. The fourth-order valence-electron chi connectivity index (χ4n) is 4.26. The van der Waals surface area contributed by atoms with Gasteiger partial charge in [-0.15, -0.1) is 0 Å². The van der Waals surface area contributed by atoms with Crippen LogP contribution in [0.15, 0.2) is 65.6 Å². The Morgan fingerprint density at radius 3 is 2.23 bits per heavy atom. The van der Waals surface area contributed by atoms with E-state index in [0.29, 0.717) is 18.7 Å². The van der Waals surface area contributed by atoms with Gasteiger partial charge in [0.2, 0.25) is 11.8 Å². The summed E-state index contributed by atoms with van der Waals surface area (Å²) in [7, 11) is -0.371. The highest BCUT2D eigenvalue weighted by atomic mass is 35.5. The Morgan fingerprint density at radius 2 is 1.60 bits per heavy atom. The predicted molar refractivity (Wildman–Crippen MR) is 162 cm³/mol. The number of methoxy groups -OCH3 is 3. The fraction of sp³-hybridized carbons (Fsp3) is 0.333. The SMILES string of the molecule is CCCNC(=O)[C@@H](C)N(Cc1ccccc1F)C(=O)CN(c1cc(Cl)ccc1OC)S(=O)(=O)c1ccc(OC)c(OC)c1. The Hall–Kier alpha value is -4.03. The van der Waals surface area contributed by atoms with Gasteiger partial charge in [0.25, 0.3) is 10.0 Å². The normalized spacial score (nSPS) is 11.8. The van der Waals surface area contributed by atoms with Crippen LogP contribution in [-0.4, -0.2) is 65.6 Å². The molecule has 13 heteroatoms. The maximum atomic E-state index is 14.7. The summed E-state index contributed by atoms with van der Waals surface area (Å²) in [5.74, 6) is -1.25. The first-order valence-electron chi connectivity index (χ1n) is 13.4. The Balaban J connectivity index is 2.15. The van der Waals surface area contributed by atoms with Gasteiger partial charge in [-0.3, -0.25) is 13.9 Å². The number of hydrogen-bond donors (Lipinski definition) is 1. The second-order valence-corrected chi connectivity index (χ2v) is 11.7. The Morgan fingerprint density at radius 1 is 0.953 bits per heavy atom. The van der Waals surface area contributed by atoms with Gasteiger partial charge in [-0.25, -0.2) is 12.8 Å². The van der Waals surface area contributed by atoms with Gasteiger partial charge in [0, 0.05) is 29.7 Å². The van der Waals surface area contributed by atoms with E-state index in [9.17, 15) is 22.4 Å². The van der Waals surface area contributed by atoms with Crippen LogP contribution in [-0.2, 0) is 26.2 Å². The van der Waals surface area contributed by atoms with Crippen LogP contribution in [0, 0.1) is 5.82 Å². The molecular weight excluding hydrogens is 601 g/mol. The number of carbonyl (C=O) groups excluding carboxylic acids is 2. The lowest BCUT2D eigenvalue weighted by Crippen LogP contribution is -2.51. The van der Waals surface area contributed by atoms with Crippen molar-refractivity contribution in [3.8, 4) is 17.2 Å². The van der Waals surface area contributed by atoms with Crippen molar-refractivity contribution < 1.29 is 36.6 Å². The van der Waals surface area contributed by atoms with Crippen molar-refractivity contribution >= 4 is 39.1 Å². The number of nitrogens with one attached hydrogen (secondary N) is 1. The number of benzene rings is 3. The number of anilines is 1. The molecule has 3 aromatic rings. The minimum absolute atomic E-state index is 0.0212. The molecule has 0 radical (unpaired) electrons. The third-order valence-electron chi connectivity index (χ3n) is 6.65. The molecule has 10 nitrogen and oxygen atoms in total. The molecule has 0 bridgehead atoms. The number of rotatable bonds is 14. The first-order chi connectivity index (χ1) is 20.5. The van der Waals surface area contributed by atoms with E-state index in [2.05, 4.69) is 5.32 Å². The molecule has 0 fully saturated rings. The maximum absolute atomic E-state index is 14.7. The van der Waals surface area contributed by atoms with E-state index in [0.717, 1.165) is 9.21 Å². The summed E-state index contributed by atoms with van der Waals surface area (Å²) in [6.07, 6.45) is 0.658. The monoisotopic (exact) mass is 635 g/mol. The molecule has 0 saturated carbocycles. The lowest BCUT2D eigenvalue weighted by molar-refractivity contribution is -0.139. The molecule has 3 aromatic carbocycles. The molecule has 0 aliphatic rings. The fourth-order valence-corrected chi connectivity index (χ4v) is 5.86. The average molecular weight is 636 g/mol. The topological polar surface area (TPSA) is 114 Å². The van der Waals surface area contributed by atoms with Crippen molar-refractivity contribution in [2.45, 2.75) is 37.8 Å². The van der Waals surface area contributed by atoms with Crippen molar-refractivity contribution in [2.75, 3.05) is 38.7 Å². The zero-order chi connectivity index (χ0) is 31.7. The number of nitrogens with zero attached hydrogens (tertiary/aromatic N) is 2. The van der Waals surface area contributed by atoms with Gasteiger partial charge in [-0.2, -0.15) is 0 Å². The van der Waals surface area contributed by atoms with Gasteiger partial charge in [-0.05, 0) is 49.7 Å². The van der Waals surface area contributed by atoms with Crippen LogP contribution >= 0.6 is 11.6 Å². The molecule has 232 valence electrons. The largest absolute Gasteiger partial charge is 0.495 e. The molecule has 0 aliphatic carbocycles. The van der Waals surface area contributed by atoms with Crippen molar-refractivity contribution in [3.05, 3.63) is 77.1 Å². The second kappa shape index (κ2) is 14.9. The van der Waals surface area contributed by atoms with Gasteiger partial charge >= 0.3 is 0 Å². The molecule has 0 saturated heterocycles. The van der Waals surface area contributed by atoms with E-state index >= 15 is 0 Å². The number of carbonyl (C=O) groups is 2. The highest BCUT2D eigenvalue weighted by molar-refractivity contribution is 7.92. The van der Waals surface area contributed by atoms with Gasteiger partial charge in [0.15, 0.2) is 11.5 Å². The molecule has 0 unspecified atom stereocenters. The molecule has 3 rings (SSSR count).